The minimum Gasteiger partial charge on any atom is -0.494 e. The maximum absolute atomic E-state index is 14.1. The molecule has 0 bridgehead atoms. The fourth-order valence-corrected chi connectivity index (χ4v) is 1.82. The van der Waals surface area contributed by atoms with Crippen LogP contribution >= 0.6 is 0 Å². The van der Waals surface area contributed by atoms with E-state index >= 15 is 0 Å². The summed E-state index contributed by atoms with van der Waals surface area (Å²) in [5.74, 6) is -0.118. The van der Waals surface area contributed by atoms with Gasteiger partial charge in [-0.1, -0.05) is 24.3 Å². The third-order valence-corrected chi connectivity index (χ3v) is 2.85. The second kappa shape index (κ2) is 4.45. The fraction of sp³-hybridized carbons (Fsp3) is 0.143. The predicted octanol–water partition coefficient (Wildman–Crippen LogP) is 3.39. The molecule has 2 nitrogen and oxygen atoms in total. The van der Waals surface area contributed by atoms with Crippen molar-refractivity contribution in [3.05, 3.63) is 47.8 Å². The second-order valence-electron chi connectivity index (χ2n) is 3.84. The number of rotatable bonds is 2. The number of nitrogens with two attached hydrogens (primary N) is 1. The highest BCUT2D eigenvalue weighted by molar-refractivity contribution is 5.74. The minimum atomic E-state index is -0.358. The van der Waals surface area contributed by atoms with Gasteiger partial charge in [0.15, 0.2) is 11.6 Å². The van der Waals surface area contributed by atoms with E-state index in [1.165, 1.54) is 7.11 Å². The molecule has 88 valence electrons. The van der Waals surface area contributed by atoms with Crippen LogP contribution in [0.5, 0.6) is 5.75 Å². The average Bonchev–Trinajstić information content (AvgIpc) is 2.33. The zero-order valence-electron chi connectivity index (χ0n) is 9.83. The topological polar surface area (TPSA) is 35.2 Å². The quantitative estimate of drug-likeness (QED) is 0.804. The van der Waals surface area contributed by atoms with E-state index in [9.17, 15) is 4.39 Å². The normalized spacial score (nSPS) is 10.3. The highest BCUT2D eigenvalue weighted by atomic mass is 19.1. The maximum atomic E-state index is 14.1. The smallest absolute Gasteiger partial charge is 0.172 e. The highest BCUT2D eigenvalue weighted by Gasteiger charge is 2.12. The lowest BCUT2D eigenvalue weighted by Crippen LogP contribution is -1.95. The van der Waals surface area contributed by atoms with Crippen molar-refractivity contribution in [3.63, 3.8) is 0 Å². The molecule has 0 atom stereocenters. The molecular formula is C14H14FNO. The Hall–Kier alpha value is -2.03. The summed E-state index contributed by atoms with van der Waals surface area (Å²) >= 11 is 0. The molecule has 3 heteroatoms. The lowest BCUT2D eigenvalue weighted by molar-refractivity contribution is 0.387. The molecule has 0 radical (unpaired) electrons. The second-order valence-corrected chi connectivity index (χ2v) is 3.84. The van der Waals surface area contributed by atoms with Crippen molar-refractivity contribution in [3.8, 4) is 16.9 Å². The van der Waals surface area contributed by atoms with Crippen molar-refractivity contribution in [1.82, 2.24) is 0 Å². The van der Waals surface area contributed by atoms with Crippen LogP contribution < -0.4 is 10.5 Å². The zero-order valence-corrected chi connectivity index (χ0v) is 9.83. The molecule has 0 saturated carbocycles. The number of nitrogen functional groups attached to an aromatic ring is 1. The largest absolute Gasteiger partial charge is 0.494 e. The molecule has 17 heavy (non-hydrogen) atoms. The van der Waals surface area contributed by atoms with Crippen LogP contribution in [0.25, 0.3) is 11.1 Å². The van der Waals surface area contributed by atoms with E-state index in [1.807, 2.05) is 19.1 Å². The molecule has 2 aromatic carbocycles. The van der Waals surface area contributed by atoms with Gasteiger partial charge in [-0.15, -0.1) is 0 Å². The van der Waals surface area contributed by atoms with Crippen LogP contribution in [0.15, 0.2) is 36.4 Å². The van der Waals surface area contributed by atoms with Crippen molar-refractivity contribution in [2.45, 2.75) is 6.92 Å². The van der Waals surface area contributed by atoms with E-state index in [-0.39, 0.29) is 11.6 Å². The Morgan fingerprint density at radius 3 is 2.41 bits per heavy atom. The molecular weight excluding hydrogens is 217 g/mol. The van der Waals surface area contributed by atoms with E-state index in [0.29, 0.717) is 11.3 Å². The first kappa shape index (κ1) is 11.5. The third kappa shape index (κ3) is 1.96. The number of ether oxygens (including phenoxy) is 1. The number of methoxy groups -OCH3 is 1. The van der Waals surface area contributed by atoms with Gasteiger partial charge in [-0.05, 0) is 30.2 Å². The van der Waals surface area contributed by atoms with Gasteiger partial charge in [-0.25, -0.2) is 4.39 Å². The zero-order chi connectivity index (χ0) is 12.4. The fourth-order valence-electron chi connectivity index (χ4n) is 1.82. The van der Waals surface area contributed by atoms with Crippen molar-refractivity contribution in [2.24, 2.45) is 0 Å². The number of halogens is 1. The Kier molecular flexibility index (Phi) is 3.00. The summed E-state index contributed by atoms with van der Waals surface area (Å²) < 4.78 is 19.1. The Bertz CT molecular complexity index is 552. The summed E-state index contributed by atoms with van der Waals surface area (Å²) in [5.41, 5.74) is 8.66. The van der Waals surface area contributed by atoms with Crippen molar-refractivity contribution >= 4 is 5.69 Å². The predicted molar refractivity (Wildman–Crippen MR) is 67.5 cm³/mol. The van der Waals surface area contributed by atoms with Crippen LogP contribution in [-0.2, 0) is 0 Å². The Labute approximate surface area is 99.8 Å². The van der Waals surface area contributed by atoms with Crippen LogP contribution in [0.2, 0.25) is 0 Å². The van der Waals surface area contributed by atoms with Crippen LogP contribution in [0.1, 0.15) is 5.56 Å². The van der Waals surface area contributed by atoms with Gasteiger partial charge in [-0.3, -0.25) is 0 Å². The Morgan fingerprint density at radius 2 is 1.71 bits per heavy atom. The molecule has 0 aromatic heterocycles. The lowest BCUT2D eigenvalue weighted by Gasteiger charge is -2.11. The van der Waals surface area contributed by atoms with Crippen molar-refractivity contribution in [1.29, 1.82) is 0 Å². The van der Waals surface area contributed by atoms with Gasteiger partial charge >= 0.3 is 0 Å². The van der Waals surface area contributed by atoms with E-state index in [4.69, 9.17) is 10.5 Å². The number of hydrogen-bond donors (Lipinski definition) is 1. The molecule has 0 amide bonds. The molecule has 0 aliphatic heterocycles. The monoisotopic (exact) mass is 231 g/mol. The molecule has 0 unspecified atom stereocenters. The molecule has 2 N–H and O–H groups in total. The van der Waals surface area contributed by atoms with Gasteiger partial charge in [0.25, 0.3) is 0 Å². The summed E-state index contributed by atoms with van der Waals surface area (Å²) in [6, 6.07) is 10.6. The third-order valence-electron chi connectivity index (χ3n) is 2.85. The molecule has 0 aliphatic carbocycles. The Morgan fingerprint density at radius 1 is 1.06 bits per heavy atom. The molecule has 0 heterocycles. The highest BCUT2D eigenvalue weighted by Crippen LogP contribution is 2.32. The van der Waals surface area contributed by atoms with Gasteiger partial charge in [0.1, 0.15) is 0 Å². The van der Waals surface area contributed by atoms with Crippen LogP contribution in [0.4, 0.5) is 10.1 Å². The first-order valence-electron chi connectivity index (χ1n) is 5.33. The van der Waals surface area contributed by atoms with Gasteiger partial charge in [0.2, 0.25) is 0 Å². The molecule has 0 fully saturated rings. The summed E-state index contributed by atoms with van der Waals surface area (Å²) in [6.45, 7) is 1.88. The molecule has 0 spiro atoms. The number of hydrogen-bond acceptors (Lipinski definition) is 2. The van der Waals surface area contributed by atoms with Crippen LogP contribution in [-0.4, -0.2) is 7.11 Å². The summed E-state index contributed by atoms with van der Waals surface area (Å²) in [7, 11) is 1.45. The first-order valence-corrected chi connectivity index (χ1v) is 5.33. The molecule has 2 aromatic rings. The summed E-state index contributed by atoms with van der Waals surface area (Å²) in [5, 5.41) is 0. The van der Waals surface area contributed by atoms with Crippen LogP contribution in [0, 0.1) is 12.7 Å². The molecule has 0 saturated heterocycles. The number of anilines is 1. The van der Waals surface area contributed by atoms with Gasteiger partial charge in [0.05, 0.1) is 7.11 Å². The van der Waals surface area contributed by atoms with Gasteiger partial charge in [0, 0.05) is 11.3 Å². The maximum Gasteiger partial charge on any atom is 0.172 e. The summed E-state index contributed by atoms with van der Waals surface area (Å²) in [6.07, 6.45) is 0. The standard InChI is InChI=1S/C14H14FNO/c1-9-10(5-3-7-12(9)16)11-6-4-8-13(17-2)14(11)15/h3-8H,16H2,1-2H3. The Balaban J connectivity index is 2.65. The van der Waals surface area contributed by atoms with E-state index in [1.54, 1.807) is 24.3 Å². The van der Waals surface area contributed by atoms with Gasteiger partial charge in [-0.2, -0.15) is 0 Å². The van der Waals surface area contributed by atoms with E-state index in [0.717, 1.165) is 11.1 Å². The van der Waals surface area contributed by atoms with Crippen LogP contribution in [0.3, 0.4) is 0 Å². The van der Waals surface area contributed by atoms with Gasteiger partial charge < -0.3 is 10.5 Å². The lowest BCUT2D eigenvalue weighted by atomic mass is 9.98. The van der Waals surface area contributed by atoms with Crippen molar-refractivity contribution in [2.75, 3.05) is 12.8 Å². The SMILES string of the molecule is COc1cccc(-c2cccc(N)c2C)c1F. The molecule has 0 aliphatic rings. The first-order chi connectivity index (χ1) is 8.15. The average molecular weight is 231 g/mol. The minimum absolute atomic E-state index is 0.240. The van der Waals surface area contributed by atoms with Crippen molar-refractivity contribution < 1.29 is 9.13 Å². The summed E-state index contributed by atoms with van der Waals surface area (Å²) in [4.78, 5) is 0. The van der Waals surface area contributed by atoms with E-state index < -0.39 is 0 Å². The molecule has 2 rings (SSSR count). The van der Waals surface area contributed by atoms with E-state index in [2.05, 4.69) is 0 Å². The number of benzene rings is 2.